The van der Waals surface area contributed by atoms with Gasteiger partial charge >= 0.3 is 0 Å². The van der Waals surface area contributed by atoms with E-state index in [0.717, 1.165) is 25.9 Å². The van der Waals surface area contributed by atoms with Gasteiger partial charge in [-0.2, -0.15) is 0 Å². The standard InChI is InChI=1S/C13H18N2O/c1-10-5-2-3-7-12(10)15-8-4-6-11(9-15)13(14)16/h2-3,5,7,11H,4,6,8-9H2,1H3,(H2,14,16). The maximum Gasteiger partial charge on any atom is 0.222 e. The Morgan fingerprint density at radius 1 is 1.44 bits per heavy atom. The first-order chi connectivity index (χ1) is 7.68. The largest absolute Gasteiger partial charge is 0.371 e. The Kier molecular flexibility index (Phi) is 3.13. The van der Waals surface area contributed by atoms with Gasteiger partial charge in [0.25, 0.3) is 0 Å². The molecular weight excluding hydrogens is 200 g/mol. The van der Waals surface area contributed by atoms with E-state index in [1.807, 2.05) is 12.1 Å². The summed E-state index contributed by atoms with van der Waals surface area (Å²) in [6.45, 7) is 3.89. The fourth-order valence-electron chi connectivity index (χ4n) is 2.35. The lowest BCUT2D eigenvalue weighted by molar-refractivity contribution is -0.122. The van der Waals surface area contributed by atoms with E-state index in [4.69, 9.17) is 5.73 Å². The SMILES string of the molecule is Cc1ccccc1N1CCCC(C(N)=O)C1. The van der Waals surface area contributed by atoms with Gasteiger partial charge in [0.2, 0.25) is 5.91 Å². The quantitative estimate of drug-likeness (QED) is 0.821. The van der Waals surface area contributed by atoms with Crippen LogP contribution in [0, 0.1) is 12.8 Å². The first-order valence-corrected chi connectivity index (χ1v) is 5.78. The van der Waals surface area contributed by atoms with E-state index < -0.39 is 0 Å². The van der Waals surface area contributed by atoms with E-state index in [1.54, 1.807) is 0 Å². The van der Waals surface area contributed by atoms with Crippen molar-refractivity contribution in [1.82, 2.24) is 0 Å². The number of nitrogens with two attached hydrogens (primary N) is 1. The van der Waals surface area contributed by atoms with Crippen molar-refractivity contribution in [2.45, 2.75) is 19.8 Å². The highest BCUT2D eigenvalue weighted by Gasteiger charge is 2.24. The molecule has 1 saturated heterocycles. The van der Waals surface area contributed by atoms with Gasteiger partial charge in [-0.1, -0.05) is 18.2 Å². The smallest absolute Gasteiger partial charge is 0.222 e. The third-order valence-corrected chi connectivity index (χ3v) is 3.28. The average molecular weight is 218 g/mol. The van der Waals surface area contributed by atoms with E-state index >= 15 is 0 Å². The van der Waals surface area contributed by atoms with Crippen LogP contribution in [0.2, 0.25) is 0 Å². The van der Waals surface area contributed by atoms with Crippen LogP contribution in [-0.4, -0.2) is 19.0 Å². The zero-order chi connectivity index (χ0) is 11.5. The van der Waals surface area contributed by atoms with E-state index in [-0.39, 0.29) is 11.8 Å². The van der Waals surface area contributed by atoms with Crippen molar-refractivity contribution >= 4 is 11.6 Å². The molecule has 1 aliphatic heterocycles. The van der Waals surface area contributed by atoms with Crippen molar-refractivity contribution < 1.29 is 4.79 Å². The predicted octanol–water partition coefficient (Wildman–Crippen LogP) is 1.70. The number of aryl methyl sites for hydroxylation is 1. The summed E-state index contributed by atoms with van der Waals surface area (Å²) in [5.41, 5.74) is 7.87. The summed E-state index contributed by atoms with van der Waals surface area (Å²) < 4.78 is 0. The van der Waals surface area contributed by atoms with Crippen LogP contribution in [0.1, 0.15) is 18.4 Å². The van der Waals surface area contributed by atoms with Gasteiger partial charge in [-0.25, -0.2) is 0 Å². The number of carbonyl (C=O) groups is 1. The molecule has 0 radical (unpaired) electrons. The highest BCUT2D eigenvalue weighted by Crippen LogP contribution is 2.25. The van der Waals surface area contributed by atoms with E-state index in [2.05, 4.69) is 24.0 Å². The molecule has 3 heteroatoms. The van der Waals surface area contributed by atoms with Crippen LogP contribution in [-0.2, 0) is 4.79 Å². The minimum atomic E-state index is -0.168. The second-order valence-corrected chi connectivity index (χ2v) is 4.47. The summed E-state index contributed by atoms with van der Waals surface area (Å²) in [4.78, 5) is 13.5. The second kappa shape index (κ2) is 4.56. The number of piperidine rings is 1. The molecule has 2 rings (SSSR count). The van der Waals surface area contributed by atoms with Crippen LogP contribution in [0.5, 0.6) is 0 Å². The van der Waals surface area contributed by atoms with Crippen molar-refractivity contribution in [3.8, 4) is 0 Å². The molecule has 1 aromatic rings. The topological polar surface area (TPSA) is 46.3 Å². The first-order valence-electron chi connectivity index (χ1n) is 5.78. The molecule has 1 fully saturated rings. The summed E-state index contributed by atoms with van der Waals surface area (Å²) in [6, 6.07) is 8.28. The molecule has 86 valence electrons. The van der Waals surface area contributed by atoms with Gasteiger partial charge in [0.1, 0.15) is 0 Å². The second-order valence-electron chi connectivity index (χ2n) is 4.47. The molecular formula is C13H18N2O. The monoisotopic (exact) mass is 218 g/mol. The number of rotatable bonds is 2. The summed E-state index contributed by atoms with van der Waals surface area (Å²) in [7, 11) is 0. The molecule has 1 unspecified atom stereocenters. The lowest BCUT2D eigenvalue weighted by Gasteiger charge is -2.33. The number of benzene rings is 1. The van der Waals surface area contributed by atoms with E-state index in [0.29, 0.717) is 0 Å². The Morgan fingerprint density at radius 3 is 2.88 bits per heavy atom. The average Bonchev–Trinajstić information content (AvgIpc) is 2.30. The maximum atomic E-state index is 11.2. The molecule has 0 saturated carbocycles. The highest BCUT2D eigenvalue weighted by atomic mass is 16.1. The van der Waals surface area contributed by atoms with Gasteiger partial charge < -0.3 is 10.6 Å². The molecule has 0 bridgehead atoms. The van der Waals surface area contributed by atoms with Crippen molar-refractivity contribution in [3.05, 3.63) is 29.8 Å². The van der Waals surface area contributed by atoms with Crippen molar-refractivity contribution in [3.63, 3.8) is 0 Å². The molecule has 1 amide bonds. The fraction of sp³-hybridized carbons (Fsp3) is 0.462. The first kappa shape index (κ1) is 11.0. The van der Waals surface area contributed by atoms with Gasteiger partial charge in [0.05, 0.1) is 5.92 Å². The Bertz CT molecular complexity index is 389. The summed E-state index contributed by atoms with van der Waals surface area (Å²) in [5, 5.41) is 0. The zero-order valence-electron chi connectivity index (χ0n) is 9.65. The highest BCUT2D eigenvalue weighted by molar-refractivity contribution is 5.77. The lowest BCUT2D eigenvalue weighted by Crippen LogP contribution is -2.41. The Hall–Kier alpha value is -1.51. The van der Waals surface area contributed by atoms with Crippen molar-refractivity contribution in [1.29, 1.82) is 0 Å². The number of hydrogen-bond acceptors (Lipinski definition) is 2. The number of para-hydroxylation sites is 1. The Balaban J connectivity index is 2.16. The summed E-state index contributed by atoms with van der Waals surface area (Å²) in [5.74, 6) is -0.161. The van der Waals surface area contributed by atoms with E-state index in [1.165, 1.54) is 11.3 Å². The predicted molar refractivity (Wildman–Crippen MR) is 65.3 cm³/mol. The minimum absolute atomic E-state index is 0.00774. The summed E-state index contributed by atoms with van der Waals surface area (Å²) >= 11 is 0. The number of carbonyl (C=O) groups excluding carboxylic acids is 1. The van der Waals surface area contributed by atoms with Gasteiger partial charge in [-0.3, -0.25) is 4.79 Å². The van der Waals surface area contributed by atoms with Gasteiger partial charge in [0, 0.05) is 18.8 Å². The van der Waals surface area contributed by atoms with Crippen LogP contribution >= 0.6 is 0 Å². The third kappa shape index (κ3) is 2.18. The fourth-order valence-corrected chi connectivity index (χ4v) is 2.35. The van der Waals surface area contributed by atoms with Crippen molar-refractivity contribution in [2.24, 2.45) is 11.7 Å². The molecule has 2 N–H and O–H groups in total. The normalized spacial score (nSPS) is 20.8. The molecule has 1 atom stereocenters. The van der Waals surface area contributed by atoms with Gasteiger partial charge in [0.15, 0.2) is 0 Å². The van der Waals surface area contributed by atoms with Crippen LogP contribution < -0.4 is 10.6 Å². The number of amides is 1. The molecule has 1 aromatic carbocycles. The lowest BCUT2D eigenvalue weighted by atomic mass is 9.96. The van der Waals surface area contributed by atoms with Crippen LogP contribution in [0.3, 0.4) is 0 Å². The van der Waals surface area contributed by atoms with Crippen LogP contribution in [0.15, 0.2) is 24.3 Å². The van der Waals surface area contributed by atoms with Gasteiger partial charge in [-0.15, -0.1) is 0 Å². The number of anilines is 1. The maximum absolute atomic E-state index is 11.2. The van der Waals surface area contributed by atoms with Crippen LogP contribution in [0.4, 0.5) is 5.69 Å². The molecule has 16 heavy (non-hydrogen) atoms. The summed E-state index contributed by atoms with van der Waals surface area (Å²) in [6.07, 6.45) is 1.97. The third-order valence-electron chi connectivity index (χ3n) is 3.28. The molecule has 0 aromatic heterocycles. The molecule has 0 aliphatic carbocycles. The Labute approximate surface area is 96.2 Å². The number of hydrogen-bond donors (Lipinski definition) is 1. The van der Waals surface area contributed by atoms with Crippen molar-refractivity contribution in [2.75, 3.05) is 18.0 Å². The Morgan fingerprint density at radius 2 is 2.19 bits per heavy atom. The molecule has 1 aliphatic rings. The number of nitrogens with zero attached hydrogens (tertiary/aromatic N) is 1. The molecule has 0 spiro atoms. The zero-order valence-corrected chi connectivity index (χ0v) is 9.65. The molecule has 3 nitrogen and oxygen atoms in total. The van der Waals surface area contributed by atoms with Gasteiger partial charge in [-0.05, 0) is 31.4 Å². The van der Waals surface area contributed by atoms with Crippen LogP contribution in [0.25, 0.3) is 0 Å². The number of primary amides is 1. The minimum Gasteiger partial charge on any atom is -0.371 e. The van der Waals surface area contributed by atoms with E-state index in [9.17, 15) is 4.79 Å². The molecule has 1 heterocycles.